The number of anilines is 6. The van der Waals surface area contributed by atoms with Crippen LogP contribution in [0.15, 0.2) is 133 Å². The molecule has 7 aromatic carbocycles. The Morgan fingerprint density at radius 1 is 0.463 bits per heavy atom. The van der Waals surface area contributed by atoms with Gasteiger partial charge < -0.3 is 19.3 Å². The SMILES string of the molecule is CC(C)c1cc2c3c(c1)C(C)c1cc(N4c5ccccc5Oc5ccccc54)cc4c1B3c1c-4cc(N3c4ccccc4Oc4ccccc43)cc1C2C. The molecule has 0 aromatic heterocycles. The van der Waals surface area contributed by atoms with Crippen molar-refractivity contribution in [1.82, 2.24) is 0 Å². The number of ether oxygens (including phenoxy) is 2. The summed E-state index contributed by atoms with van der Waals surface area (Å²) in [5.41, 5.74) is 21.0. The fraction of sp³-hybridized carbons (Fsp3) is 0.143. The molecule has 5 aliphatic heterocycles. The first-order chi connectivity index (χ1) is 26.4. The Hall–Kier alpha value is -6.20. The number of fused-ring (bicyclic) bond motifs is 5. The predicted molar refractivity (Wildman–Crippen MR) is 222 cm³/mol. The van der Waals surface area contributed by atoms with Crippen LogP contribution < -0.4 is 35.7 Å². The highest BCUT2D eigenvalue weighted by Crippen LogP contribution is 2.54. The Balaban J connectivity index is 1.17. The lowest BCUT2D eigenvalue weighted by Gasteiger charge is -2.39. The van der Waals surface area contributed by atoms with Crippen LogP contribution in [0.3, 0.4) is 0 Å². The molecule has 2 atom stereocenters. The van der Waals surface area contributed by atoms with Crippen LogP contribution in [-0.2, 0) is 0 Å². The topological polar surface area (TPSA) is 24.9 Å². The van der Waals surface area contributed by atoms with E-state index in [1.165, 1.54) is 49.9 Å². The molecule has 5 heterocycles. The van der Waals surface area contributed by atoms with Crippen molar-refractivity contribution < 1.29 is 9.47 Å². The largest absolute Gasteiger partial charge is 0.453 e. The summed E-state index contributed by atoms with van der Waals surface area (Å²) in [5.74, 6) is 4.40. The molecule has 4 nitrogen and oxygen atoms in total. The molecule has 0 fully saturated rings. The van der Waals surface area contributed by atoms with E-state index in [2.05, 4.69) is 171 Å². The maximum atomic E-state index is 6.48. The lowest BCUT2D eigenvalue weighted by molar-refractivity contribution is 0.476. The second-order valence-electron chi connectivity index (χ2n) is 15.9. The molecule has 2 unspecified atom stereocenters. The minimum absolute atomic E-state index is 0.218. The van der Waals surface area contributed by atoms with Crippen LogP contribution >= 0.6 is 0 Å². The van der Waals surface area contributed by atoms with E-state index in [4.69, 9.17) is 9.47 Å². The lowest BCUT2D eigenvalue weighted by atomic mass is 9.31. The van der Waals surface area contributed by atoms with Crippen molar-refractivity contribution in [2.75, 3.05) is 9.80 Å². The predicted octanol–water partition coefficient (Wildman–Crippen LogP) is 11.4. The number of hydrogen-bond donors (Lipinski definition) is 0. The van der Waals surface area contributed by atoms with Gasteiger partial charge >= 0.3 is 0 Å². The number of para-hydroxylation sites is 8. The molecule has 54 heavy (non-hydrogen) atoms. The second kappa shape index (κ2) is 10.7. The Labute approximate surface area is 316 Å². The first-order valence-electron chi connectivity index (χ1n) is 19.3. The van der Waals surface area contributed by atoms with Crippen LogP contribution in [0.25, 0.3) is 11.1 Å². The molecule has 5 heteroatoms. The quantitative estimate of drug-likeness (QED) is 0.172. The zero-order valence-electron chi connectivity index (χ0n) is 30.7. The van der Waals surface area contributed by atoms with Crippen molar-refractivity contribution in [2.45, 2.75) is 45.4 Å². The first kappa shape index (κ1) is 30.3. The molecule has 0 spiro atoms. The Morgan fingerprint density at radius 3 is 1.19 bits per heavy atom. The smallest absolute Gasteiger partial charge is 0.244 e. The van der Waals surface area contributed by atoms with Gasteiger partial charge in [-0.25, -0.2) is 0 Å². The second-order valence-corrected chi connectivity index (χ2v) is 15.9. The van der Waals surface area contributed by atoms with Gasteiger partial charge in [0.2, 0.25) is 6.71 Å². The Morgan fingerprint density at radius 2 is 0.815 bits per heavy atom. The van der Waals surface area contributed by atoms with Crippen LogP contribution in [0.2, 0.25) is 0 Å². The third-order valence-corrected chi connectivity index (χ3v) is 12.7. The maximum Gasteiger partial charge on any atom is 0.244 e. The van der Waals surface area contributed by atoms with E-state index in [1.54, 1.807) is 5.46 Å². The van der Waals surface area contributed by atoms with Crippen molar-refractivity contribution in [1.29, 1.82) is 0 Å². The third-order valence-electron chi connectivity index (χ3n) is 12.7. The molecule has 7 aromatic rings. The van der Waals surface area contributed by atoms with Gasteiger partial charge in [0, 0.05) is 23.2 Å². The summed E-state index contributed by atoms with van der Waals surface area (Å²) in [5, 5.41) is 0. The summed E-state index contributed by atoms with van der Waals surface area (Å²) in [6.07, 6.45) is 0. The summed E-state index contributed by atoms with van der Waals surface area (Å²) < 4.78 is 13.0. The zero-order valence-corrected chi connectivity index (χ0v) is 30.7. The van der Waals surface area contributed by atoms with Gasteiger partial charge in [-0.2, -0.15) is 0 Å². The highest BCUT2D eigenvalue weighted by Gasteiger charge is 2.49. The van der Waals surface area contributed by atoms with Crippen molar-refractivity contribution in [3.05, 3.63) is 161 Å². The molecule has 0 radical (unpaired) electrons. The van der Waals surface area contributed by atoms with Crippen LogP contribution in [0.4, 0.5) is 34.1 Å². The molecule has 258 valence electrons. The van der Waals surface area contributed by atoms with Crippen molar-refractivity contribution in [3.8, 4) is 34.1 Å². The van der Waals surface area contributed by atoms with Crippen LogP contribution in [0, 0.1) is 0 Å². The number of rotatable bonds is 3. The lowest BCUT2D eigenvalue weighted by Crippen LogP contribution is -2.59. The minimum Gasteiger partial charge on any atom is -0.453 e. The molecule has 0 aliphatic carbocycles. The molecule has 0 amide bonds. The van der Waals surface area contributed by atoms with E-state index in [0.717, 1.165) is 57.1 Å². The van der Waals surface area contributed by atoms with Crippen LogP contribution in [0.5, 0.6) is 23.0 Å². The fourth-order valence-electron chi connectivity index (χ4n) is 10.2. The van der Waals surface area contributed by atoms with E-state index in [0.29, 0.717) is 5.92 Å². The van der Waals surface area contributed by atoms with E-state index in [1.807, 2.05) is 0 Å². The van der Waals surface area contributed by atoms with Gasteiger partial charge in [-0.05, 0) is 118 Å². The van der Waals surface area contributed by atoms with Crippen molar-refractivity contribution >= 4 is 57.2 Å². The Kier molecular flexibility index (Phi) is 6.00. The molecule has 12 rings (SSSR count). The van der Waals surface area contributed by atoms with Gasteiger partial charge in [-0.3, -0.25) is 0 Å². The standard InChI is InChI=1S/C49H37BN2O2/c1-27(2)30-21-33-28(3)35-23-31(51-39-13-5-9-17-43(39)53-44-18-10-6-14-40(44)51)25-37-38-26-32(24-36-29(4)34(22-30)47(33)50(48(35)37)49(36)38)52-41-15-7-11-19-45(41)54-46-20-12-8-16-42(46)52/h5-29H,1-4H3. The zero-order chi connectivity index (χ0) is 36.0. The van der Waals surface area contributed by atoms with E-state index in [-0.39, 0.29) is 18.5 Å². The minimum atomic E-state index is 0.218. The average molecular weight is 697 g/mol. The summed E-state index contributed by atoms with van der Waals surface area (Å²) in [7, 11) is 0. The summed E-state index contributed by atoms with van der Waals surface area (Å²) in [6, 6.07) is 48.7. The molecule has 0 saturated heterocycles. The normalized spacial score (nSPS) is 17.2. The summed E-state index contributed by atoms with van der Waals surface area (Å²) in [6.45, 7) is 9.76. The number of hydrogen-bond acceptors (Lipinski definition) is 4. The van der Waals surface area contributed by atoms with Gasteiger partial charge in [0.1, 0.15) is 0 Å². The number of nitrogens with zero attached hydrogens (tertiary/aromatic N) is 2. The molecule has 0 saturated carbocycles. The highest BCUT2D eigenvalue weighted by molar-refractivity contribution is 7.01. The van der Waals surface area contributed by atoms with Crippen LogP contribution in [0.1, 0.15) is 73.3 Å². The fourth-order valence-corrected chi connectivity index (χ4v) is 10.2. The molecule has 5 aliphatic rings. The summed E-state index contributed by atoms with van der Waals surface area (Å²) >= 11 is 0. The first-order valence-corrected chi connectivity index (χ1v) is 19.3. The van der Waals surface area contributed by atoms with E-state index in [9.17, 15) is 0 Å². The third kappa shape index (κ3) is 3.89. The van der Waals surface area contributed by atoms with Gasteiger partial charge in [0.15, 0.2) is 23.0 Å². The Bertz CT molecular complexity index is 2510. The monoisotopic (exact) mass is 696 g/mol. The van der Waals surface area contributed by atoms with Crippen LogP contribution in [-0.4, -0.2) is 6.71 Å². The highest BCUT2D eigenvalue weighted by atomic mass is 16.5. The van der Waals surface area contributed by atoms with Gasteiger partial charge in [-0.1, -0.05) is 105 Å². The summed E-state index contributed by atoms with van der Waals surface area (Å²) in [4.78, 5) is 4.83. The molecule has 0 bridgehead atoms. The molecule has 0 N–H and O–H groups in total. The maximum absolute atomic E-state index is 6.48. The van der Waals surface area contributed by atoms with E-state index >= 15 is 0 Å². The average Bonchev–Trinajstić information content (AvgIpc) is 3.53. The molecular weight excluding hydrogens is 659 g/mol. The van der Waals surface area contributed by atoms with Gasteiger partial charge in [0.25, 0.3) is 0 Å². The van der Waals surface area contributed by atoms with Crippen molar-refractivity contribution in [3.63, 3.8) is 0 Å². The number of benzene rings is 7. The van der Waals surface area contributed by atoms with Crippen molar-refractivity contribution in [2.24, 2.45) is 0 Å². The van der Waals surface area contributed by atoms with Gasteiger partial charge in [-0.15, -0.1) is 0 Å². The van der Waals surface area contributed by atoms with E-state index < -0.39 is 0 Å². The van der Waals surface area contributed by atoms with Gasteiger partial charge in [0.05, 0.1) is 22.7 Å². The molecular formula is C49H37BN2O2.